The number of carbonyl (C=O) groups excluding carboxylic acids is 1. The molecule has 17 heteroatoms. The van der Waals surface area contributed by atoms with E-state index in [-0.39, 0.29) is 11.6 Å². The number of ether oxygens (including phenoxy) is 3. The van der Waals surface area contributed by atoms with Gasteiger partial charge in [0, 0.05) is 37.7 Å². The predicted octanol–water partition coefficient (Wildman–Crippen LogP) is 3.91. The van der Waals surface area contributed by atoms with Gasteiger partial charge in [-0.25, -0.2) is 8.78 Å². The third kappa shape index (κ3) is 7.82. The maximum atomic E-state index is 12.6. The van der Waals surface area contributed by atoms with Crippen molar-refractivity contribution < 1.29 is 41.0 Å². The Morgan fingerprint density at radius 1 is 1.12 bits per heavy atom. The fourth-order valence-electron chi connectivity index (χ4n) is 6.65. The van der Waals surface area contributed by atoms with Crippen LogP contribution < -0.4 is 25.4 Å². The van der Waals surface area contributed by atoms with Gasteiger partial charge in [0.25, 0.3) is 5.91 Å². The number of methoxy groups -OCH3 is 1. The summed E-state index contributed by atoms with van der Waals surface area (Å²) in [5, 5.41) is 7.33. The highest BCUT2D eigenvalue weighted by atomic mass is 19.4. The Morgan fingerprint density at radius 2 is 1.96 bits per heavy atom. The number of alkyl halides is 4. The average molecular weight is 695 g/mol. The highest BCUT2D eigenvalue weighted by Crippen LogP contribution is 2.34. The van der Waals surface area contributed by atoms with Gasteiger partial charge in [0.2, 0.25) is 0 Å². The summed E-state index contributed by atoms with van der Waals surface area (Å²) in [4.78, 5) is 25.9. The van der Waals surface area contributed by atoms with Crippen molar-refractivity contribution in [3.63, 3.8) is 0 Å². The molecule has 0 spiro atoms. The minimum Gasteiger partial charge on any atom is -0.487 e. The molecule has 1 amide bonds. The zero-order valence-electron chi connectivity index (χ0n) is 27.1. The summed E-state index contributed by atoms with van der Waals surface area (Å²) in [6.45, 7) is 5.97. The lowest BCUT2D eigenvalue weighted by Crippen LogP contribution is -2.28. The fourth-order valence-corrected chi connectivity index (χ4v) is 6.65. The third-order valence-corrected chi connectivity index (χ3v) is 9.05. The molecule has 0 bridgehead atoms. The highest BCUT2D eigenvalue weighted by Gasteiger charge is 2.35. The number of anilines is 2. The Morgan fingerprint density at radius 3 is 2.71 bits per heavy atom. The Kier molecular flexibility index (Phi) is 10.4. The number of carbonyl (C=O) groups is 1. The zero-order valence-corrected chi connectivity index (χ0v) is 27.1. The third-order valence-electron chi connectivity index (χ3n) is 9.05. The monoisotopic (exact) mass is 694 g/mol. The van der Waals surface area contributed by atoms with Crippen LogP contribution in [0.2, 0.25) is 0 Å². The summed E-state index contributed by atoms with van der Waals surface area (Å²) in [6.07, 6.45) is -0.0925. The molecule has 2 atom stereocenters. The summed E-state index contributed by atoms with van der Waals surface area (Å²) >= 11 is 0. The molecule has 0 saturated carbocycles. The summed E-state index contributed by atoms with van der Waals surface area (Å²) < 4.78 is 79.5. The number of aryl methyl sites for hydroxylation is 1. The molecule has 0 aliphatic carbocycles. The molecule has 3 N–H and O–H groups in total. The molecule has 0 radical (unpaired) electrons. The lowest BCUT2D eigenvalue weighted by atomic mass is 10.1. The average Bonchev–Trinajstić information content (AvgIpc) is 3.67. The van der Waals surface area contributed by atoms with E-state index in [1.54, 1.807) is 7.11 Å². The largest absolute Gasteiger partial charge is 0.487 e. The first kappa shape index (κ1) is 34.6. The smallest absolute Gasteiger partial charge is 0.416 e. The van der Waals surface area contributed by atoms with Gasteiger partial charge in [-0.3, -0.25) is 14.4 Å². The molecule has 5 aliphatic rings. The van der Waals surface area contributed by atoms with E-state index < -0.39 is 23.7 Å². The van der Waals surface area contributed by atoms with E-state index in [2.05, 4.69) is 30.2 Å². The first-order chi connectivity index (χ1) is 23.5. The van der Waals surface area contributed by atoms with Gasteiger partial charge in [0.1, 0.15) is 30.1 Å². The standard InChI is InChI=1S/C18H22N6O4.C7H5F4N.C7H12FN/c1-26-18-20-12-3-7-27-10-11(12)16(21-18)23-5-2-6-24-13(9-23)15-14(22-24)17(25)19-4-8-28-15;8-5-3-4(7(9,10)11)1-2-6(5)12;8-6-4-7-2-1-3-9(7)5-6/h2-10H2,1H3,(H,19,25);1-3H,12H2;6-7H,1-5H2. The van der Waals surface area contributed by atoms with E-state index in [1.807, 2.05) is 4.68 Å². The number of hydrogen-bond donors (Lipinski definition) is 2. The van der Waals surface area contributed by atoms with Crippen LogP contribution in [0.5, 0.6) is 11.8 Å². The number of nitrogen functional groups attached to an aromatic ring is 1. The van der Waals surface area contributed by atoms with Crippen molar-refractivity contribution in [2.45, 2.75) is 70.2 Å². The zero-order chi connectivity index (χ0) is 34.7. The number of fused-ring (bicyclic) bond motifs is 5. The summed E-state index contributed by atoms with van der Waals surface area (Å²) in [5.41, 5.74) is 6.90. The van der Waals surface area contributed by atoms with E-state index in [1.165, 1.54) is 12.8 Å². The van der Waals surface area contributed by atoms with Gasteiger partial charge in [-0.1, -0.05) is 0 Å². The second kappa shape index (κ2) is 14.7. The van der Waals surface area contributed by atoms with Crippen LogP contribution in [-0.4, -0.2) is 89.3 Å². The van der Waals surface area contributed by atoms with Gasteiger partial charge in [0.05, 0.1) is 50.4 Å². The minimum atomic E-state index is -4.52. The van der Waals surface area contributed by atoms with Crippen LogP contribution in [0.25, 0.3) is 0 Å². The van der Waals surface area contributed by atoms with Crippen LogP contribution >= 0.6 is 0 Å². The molecule has 2 unspecified atom stereocenters. The number of rotatable bonds is 2. The molecule has 8 rings (SSSR count). The van der Waals surface area contributed by atoms with Crippen LogP contribution in [-0.2, 0) is 37.0 Å². The van der Waals surface area contributed by atoms with Crippen molar-refractivity contribution in [2.75, 3.05) is 57.1 Å². The Hall–Kier alpha value is -4.25. The van der Waals surface area contributed by atoms with Crippen molar-refractivity contribution in [1.82, 2.24) is 30.0 Å². The molecule has 1 aromatic carbocycles. The van der Waals surface area contributed by atoms with Gasteiger partial charge < -0.3 is 30.2 Å². The van der Waals surface area contributed by atoms with Gasteiger partial charge in [-0.2, -0.15) is 28.2 Å². The molecule has 49 heavy (non-hydrogen) atoms. The van der Waals surface area contributed by atoms with Gasteiger partial charge in [-0.05, 0) is 50.4 Å². The van der Waals surface area contributed by atoms with Crippen LogP contribution in [0, 0.1) is 5.82 Å². The van der Waals surface area contributed by atoms with E-state index in [9.17, 15) is 26.7 Å². The molecular weight excluding hydrogens is 655 g/mol. The predicted molar refractivity (Wildman–Crippen MR) is 168 cm³/mol. The van der Waals surface area contributed by atoms with Gasteiger partial charge in [-0.15, -0.1) is 0 Å². The quantitative estimate of drug-likeness (QED) is 0.301. The second-order valence-electron chi connectivity index (χ2n) is 12.3. The minimum absolute atomic E-state index is 0.186. The summed E-state index contributed by atoms with van der Waals surface area (Å²) in [7, 11) is 1.58. The Balaban J connectivity index is 0.000000162. The molecular formula is C32H39F5N8O4. The SMILES string of the molecule is COc1nc2c(c(N3CCCn4nc5c(c4C3)OCCNC5=O)n1)COCC2.FC1CC2CCCN2C1.Nc1ccc(C(F)(F)F)cc1F. The first-order valence-corrected chi connectivity index (χ1v) is 16.3. The van der Waals surface area contributed by atoms with Crippen LogP contribution in [0.1, 0.15) is 58.7 Å². The number of aromatic nitrogens is 4. The molecule has 2 aromatic heterocycles. The molecule has 2 saturated heterocycles. The number of amides is 1. The molecule has 5 aliphatic heterocycles. The van der Waals surface area contributed by atoms with Crippen molar-refractivity contribution in [2.24, 2.45) is 0 Å². The van der Waals surface area contributed by atoms with Gasteiger partial charge >= 0.3 is 12.2 Å². The Bertz CT molecular complexity index is 1640. The van der Waals surface area contributed by atoms with E-state index >= 15 is 0 Å². The molecule has 2 fully saturated rings. The number of hydrogen-bond acceptors (Lipinski definition) is 10. The molecule has 7 heterocycles. The van der Waals surface area contributed by atoms with Crippen LogP contribution in [0.3, 0.4) is 0 Å². The van der Waals surface area contributed by atoms with Crippen LogP contribution in [0.15, 0.2) is 18.2 Å². The van der Waals surface area contributed by atoms with E-state index in [0.29, 0.717) is 69.0 Å². The van der Waals surface area contributed by atoms with Gasteiger partial charge in [0.15, 0.2) is 11.4 Å². The first-order valence-electron chi connectivity index (χ1n) is 16.3. The second-order valence-corrected chi connectivity index (χ2v) is 12.3. The van der Waals surface area contributed by atoms with E-state index in [4.69, 9.17) is 19.9 Å². The fraction of sp³-hybridized carbons (Fsp3) is 0.562. The van der Waals surface area contributed by atoms with Crippen molar-refractivity contribution in [3.8, 4) is 11.8 Å². The maximum absolute atomic E-state index is 12.6. The van der Waals surface area contributed by atoms with E-state index in [0.717, 1.165) is 73.8 Å². The number of nitrogens with two attached hydrogens (primary N) is 1. The van der Waals surface area contributed by atoms with Crippen LogP contribution in [0.4, 0.5) is 33.5 Å². The lowest BCUT2D eigenvalue weighted by molar-refractivity contribution is -0.137. The molecule has 3 aromatic rings. The lowest BCUT2D eigenvalue weighted by Gasteiger charge is -2.27. The summed E-state index contributed by atoms with van der Waals surface area (Å²) in [5.74, 6) is 0.162. The highest BCUT2D eigenvalue weighted by molar-refractivity contribution is 5.95. The maximum Gasteiger partial charge on any atom is 0.416 e. The number of nitrogens with zero attached hydrogens (tertiary/aromatic N) is 6. The number of benzene rings is 1. The normalized spacial score (nSPS) is 21.6. The Labute approximate surface area is 279 Å². The molecule has 12 nitrogen and oxygen atoms in total. The topological polar surface area (TPSA) is 133 Å². The van der Waals surface area contributed by atoms with Crippen molar-refractivity contribution >= 4 is 17.4 Å². The number of nitrogens with one attached hydrogen (secondary N) is 1. The van der Waals surface area contributed by atoms with Crippen molar-refractivity contribution in [1.29, 1.82) is 0 Å². The summed E-state index contributed by atoms with van der Waals surface area (Å²) in [6, 6.07) is 2.97. The van der Waals surface area contributed by atoms with Crippen molar-refractivity contribution in [3.05, 3.63) is 52.2 Å². The number of halogens is 5. The molecule has 266 valence electrons.